The monoisotopic (exact) mass is 388 g/mol. The van der Waals surface area contributed by atoms with Gasteiger partial charge in [-0.25, -0.2) is 4.90 Å². The molecule has 144 valence electrons. The zero-order valence-corrected chi connectivity index (χ0v) is 15.5. The molecule has 1 fully saturated rings. The van der Waals surface area contributed by atoms with Crippen LogP contribution < -0.4 is 4.90 Å². The van der Waals surface area contributed by atoms with Gasteiger partial charge in [0.25, 0.3) is 11.8 Å². The number of anilines is 1. The van der Waals surface area contributed by atoms with Gasteiger partial charge >= 0.3 is 0 Å². The second-order valence-electron chi connectivity index (χ2n) is 6.92. The van der Waals surface area contributed by atoms with Crippen LogP contribution in [0.4, 0.5) is 5.69 Å². The lowest BCUT2D eigenvalue weighted by atomic mass is 10.1. The normalized spacial score (nSPS) is 20.6. The summed E-state index contributed by atoms with van der Waals surface area (Å²) >= 11 is 0. The summed E-state index contributed by atoms with van der Waals surface area (Å²) in [5, 5.41) is 13.4. The van der Waals surface area contributed by atoms with Crippen LogP contribution in [0.15, 0.2) is 69.5 Å². The van der Waals surface area contributed by atoms with Gasteiger partial charge in [0.15, 0.2) is 12.1 Å². The largest absolute Gasteiger partial charge is 0.337 e. The molecule has 2 atom stereocenters. The van der Waals surface area contributed by atoms with E-state index in [2.05, 4.69) is 20.5 Å². The Bertz CT molecular complexity index is 1110. The van der Waals surface area contributed by atoms with Crippen LogP contribution in [-0.4, -0.2) is 39.0 Å². The summed E-state index contributed by atoms with van der Waals surface area (Å²) in [6.45, 7) is 2.03. The molecule has 3 heterocycles. The number of amides is 2. The number of rotatable bonds is 4. The minimum absolute atomic E-state index is 0.0885. The lowest BCUT2D eigenvalue weighted by Gasteiger charge is -2.19. The van der Waals surface area contributed by atoms with Gasteiger partial charge in [-0.3, -0.25) is 14.6 Å². The number of aryl methyl sites for hydroxylation is 1. The average Bonchev–Trinajstić information content (AvgIpc) is 3.43. The van der Waals surface area contributed by atoms with Crippen molar-refractivity contribution in [3.05, 3.63) is 66.1 Å². The molecule has 0 aliphatic carbocycles. The van der Waals surface area contributed by atoms with Crippen LogP contribution in [0.25, 0.3) is 11.4 Å². The van der Waals surface area contributed by atoms with Crippen molar-refractivity contribution in [2.75, 3.05) is 4.90 Å². The van der Waals surface area contributed by atoms with Crippen LogP contribution in [0.2, 0.25) is 0 Å². The second kappa shape index (κ2) is 6.62. The number of carbonyl (C=O) groups excluding carboxylic acids is 2. The highest BCUT2D eigenvalue weighted by atomic mass is 16.5. The van der Waals surface area contributed by atoms with Crippen molar-refractivity contribution in [1.29, 1.82) is 0 Å². The lowest BCUT2D eigenvalue weighted by molar-refractivity contribution is -0.123. The van der Waals surface area contributed by atoms with Crippen molar-refractivity contribution in [2.45, 2.75) is 25.6 Å². The number of aromatic nitrogens is 2. The highest BCUT2D eigenvalue weighted by Crippen LogP contribution is 2.32. The molecule has 2 aliphatic heterocycles. The Hall–Kier alpha value is -3.88. The summed E-state index contributed by atoms with van der Waals surface area (Å²) < 4.78 is 5.30. The quantitative estimate of drug-likeness (QED) is 0.636. The zero-order valence-electron chi connectivity index (χ0n) is 15.5. The Morgan fingerprint density at radius 1 is 1.00 bits per heavy atom. The van der Waals surface area contributed by atoms with E-state index in [0.717, 1.165) is 11.1 Å². The van der Waals surface area contributed by atoms with Gasteiger partial charge in [-0.15, -0.1) is 0 Å². The van der Waals surface area contributed by atoms with Crippen LogP contribution in [0.3, 0.4) is 0 Å². The molecule has 3 aromatic rings. The molecule has 0 spiro atoms. The summed E-state index contributed by atoms with van der Waals surface area (Å²) in [5.74, 6) is -0.0110. The maximum absolute atomic E-state index is 13.0. The molecule has 2 aromatic carbocycles. The highest BCUT2D eigenvalue weighted by molar-refractivity contribution is 6.25. The van der Waals surface area contributed by atoms with Gasteiger partial charge in [-0.1, -0.05) is 58.4 Å². The number of hydrogen-bond acceptors (Lipinski definition) is 8. The number of fused-ring (bicyclic) bond motifs is 1. The van der Waals surface area contributed by atoms with Crippen molar-refractivity contribution < 1.29 is 14.1 Å². The third kappa shape index (κ3) is 2.87. The summed E-state index contributed by atoms with van der Waals surface area (Å²) in [4.78, 5) is 31.3. The minimum Gasteiger partial charge on any atom is -0.337 e. The van der Waals surface area contributed by atoms with Crippen molar-refractivity contribution in [1.82, 2.24) is 15.1 Å². The number of imide groups is 1. The minimum atomic E-state index is -0.861. The third-order valence-electron chi connectivity index (χ3n) is 4.95. The molecule has 29 heavy (non-hydrogen) atoms. The Morgan fingerprint density at radius 2 is 1.76 bits per heavy atom. The third-order valence-corrected chi connectivity index (χ3v) is 4.95. The van der Waals surface area contributed by atoms with E-state index in [0.29, 0.717) is 11.5 Å². The average molecular weight is 388 g/mol. The first-order chi connectivity index (χ1) is 14.1. The van der Waals surface area contributed by atoms with E-state index in [1.165, 1.54) is 9.91 Å². The maximum Gasteiger partial charge on any atom is 0.263 e. The fourth-order valence-electron chi connectivity index (χ4n) is 3.46. The van der Waals surface area contributed by atoms with E-state index < -0.39 is 12.1 Å². The fraction of sp³-hybridized carbons (Fsp3) is 0.200. The van der Waals surface area contributed by atoms with Crippen LogP contribution in [0, 0.1) is 6.92 Å². The van der Waals surface area contributed by atoms with E-state index in [-0.39, 0.29) is 24.2 Å². The first-order valence-electron chi connectivity index (χ1n) is 9.12. The van der Waals surface area contributed by atoms with E-state index in [1.54, 1.807) is 12.1 Å². The van der Waals surface area contributed by atoms with Gasteiger partial charge in [0, 0.05) is 5.56 Å². The van der Waals surface area contributed by atoms with Crippen LogP contribution >= 0.6 is 0 Å². The number of benzene rings is 2. The molecule has 0 N–H and O–H groups in total. The second-order valence-corrected chi connectivity index (χ2v) is 6.92. The summed E-state index contributed by atoms with van der Waals surface area (Å²) in [6, 6.07) is 14.9. The smallest absolute Gasteiger partial charge is 0.263 e. The fourth-order valence-corrected chi connectivity index (χ4v) is 3.46. The summed E-state index contributed by atoms with van der Waals surface area (Å²) in [7, 11) is 0. The van der Waals surface area contributed by atoms with Crippen molar-refractivity contribution >= 4 is 17.5 Å². The molecule has 1 aromatic heterocycles. The van der Waals surface area contributed by atoms with E-state index in [1.807, 2.05) is 49.4 Å². The van der Waals surface area contributed by atoms with Gasteiger partial charge in [-0.2, -0.15) is 10.1 Å². The number of nitrogens with zero attached hydrogens (tertiary/aromatic N) is 6. The predicted molar refractivity (Wildman–Crippen MR) is 101 cm³/mol. The maximum atomic E-state index is 13.0. The Morgan fingerprint density at radius 3 is 2.52 bits per heavy atom. The van der Waals surface area contributed by atoms with Crippen LogP contribution in [-0.2, 0) is 16.1 Å². The Kier molecular flexibility index (Phi) is 3.94. The number of carbonyl (C=O) groups is 2. The van der Waals surface area contributed by atoms with Crippen molar-refractivity contribution in [3.8, 4) is 11.4 Å². The van der Waals surface area contributed by atoms with Crippen molar-refractivity contribution in [2.24, 2.45) is 10.3 Å². The number of hydrogen-bond donors (Lipinski definition) is 0. The molecular weight excluding hydrogens is 372 g/mol. The Balaban J connectivity index is 1.37. The standard InChI is InChI=1S/C20H16N6O3/c1-12-7-9-14(10-8-12)26-19(27)16-17(20(26)28)25(24-22-16)11-15-21-18(23-29-15)13-5-3-2-4-6-13/h2-10,16-17H,11H2,1H3/t16-,17-/m0/s1. The van der Waals surface area contributed by atoms with E-state index in [9.17, 15) is 9.59 Å². The topological polar surface area (TPSA) is 104 Å². The molecule has 0 saturated carbocycles. The van der Waals surface area contributed by atoms with E-state index >= 15 is 0 Å². The van der Waals surface area contributed by atoms with Gasteiger partial charge < -0.3 is 4.52 Å². The summed E-state index contributed by atoms with van der Waals surface area (Å²) in [5.41, 5.74) is 2.39. The van der Waals surface area contributed by atoms with E-state index in [4.69, 9.17) is 4.52 Å². The van der Waals surface area contributed by atoms with Gasteiger partial charge in [0.2, 0.25) is 11.7 Å². The molecule has 2 aliphatic rings. The molecule has 9 heteroatoms. The predicted octanol–water partition coefficient (Wildman–Crippen LogP) is 2.54. The Labute approximate surface area is 165 Å². The molecule has 9 nitrogen and oxygen atoms in total. The molecular formula is C20H16N6O3. The van der Waals surface area contributed by atoms with Gasteiger partial charge in [0.1, 0.15) is 6.54 Å². The first kappa shape index (κ1) is 17.2. The van der Waals surface area contributed by atoms with Crippen LogP contribution in [0.1, 0.15) is 11.5 Å². The van der Waals surface area contributed by atoms with Crippen LogP contribution in [0.5, 0.6) is 0 Å². The first-order valence-corrected chi connectivity index (χ1v) is 9.12. The summed E-state index contributed by atoms with van der Waals surface area (Å²) in [6.07, 6.45) is 0. The highest BCUT2D eigenvalue weighted by Gasteiger charge is 2.55. The van der Waals surface area contributed by atoms with Crippen molar-refractivity contribution in [3.63, 3.8) is 0 Å². The molecule has 5 rings (SSSR count). The van der Waals surface area contributed by atoms with Gasteiger partial charge in [0.05, 0.1) is 5.69 Å². The molecule has 0 unspecified atom stereocenters. The lowest BCUT2D eigenvalue weighted by Crippen LogP contribution is -2.39. The zero-order chi connectivity index (χ0) is 20.0. The SMILES string of the molecule is Cc1ccc(N2C(=O)[C@H]3N=NN(Cc4nc(-c5ccccc5)no4)[C@@H]3C2=O)cc1. The molecule has 0 radical (unpaired) electrons. The van der Waals surface area contributed by atoms with Gasteiger partial charge in [-0.05, 0) is 19.1 Å². The molecule has 0 bridgehead atoms. The molecule has 1 saturated heterocycles. The molecule has 2 amide bonds.